The van der Waals surface area contributed by atoms with Gasteiger partial charge in [-0.05, 0) is 25.7 Å². The molecule has 13 heavy (non-hydrogen) atoms. The Hall–Kier alpha value is -0.790. The van der Waals surface area contributed by atoms with Crippen LogP contribution in [0.1, 0.15) is 39.0 Å². The number of amides is 1. The fraction of sp³-hybridized carbons (Fsp3) is 0.727. The molecule has 0 spiro atoms. The van der Waals surface area contributed by atoms with Crippen molar-refractivity contribution < 1.29 is 4.79 Å². The summed E-state index contributed by atoms with van der Waals surface area (Å²) >= 11 is 0. The van der Waals surface area contributed by atoms with Crippen molar-refractivity contribution >= 4 is 5.91 Å². The normalized spacial score (nSPS) is 22.8. The highest BCUT2D eigenvalue weighted by Crippen LogP contribution is 2.20. The first-order valence-corrected chi connectivity index (χ1v) is 5.20. The Balaban J connectivity index is 2.55. The lowest BCUT2D eigenvalue weighted by molar-refractivity contribution is -0.134. The largest absolute Gasteiger partial charge is 0.339 e. The van der Waals surface area contributed by atoms with E-state index in [1.165, 1.54) is 12.8 Å². The molecule has 1 saturated heterocycles. The minimum absolute atomic E-state index is 0.298. The van der Waals surface area contributed by atoms with Crippen LogP contribution in [0.2, 0.25) is 0 Å². The van der Waals surface area contributed by atoms with Gasteiger partial charge in [0.05, 0.1) is 0 Å². The van der Waals surface area contributed by atoms with Crippen molar-refractivity contribution in [1.82, 2.24) is 4.90 Å². The Morgan fingerprint density at radius 1 is 1.62 bits per heavy atom. The van der Waals surface area contributed by atoms with Crippen molar-refractivity contribution in [3.8, 4) is 0 Å². The van der Waals surface area contributed by atoms with Crippen LogP contribution in [0, 0.1) is 0 Å². The quantitative estimate of drug-likeness (QED) is 0.612. The second-order valence-electron chi connectivity index (χ2n) is 3.61. The maximum atomic E-state index is 11.5. The molecule has 74 valence electrons. The summed E-state index contributed by atoms with van der Waals surface area (Å²) in [6.07, 6.45) is 7.08. The third kappa shape index (κ3) is 2.58. The maximum absolute atomic E-state index is 11.5. The average molecular weight is 181 g/mol. The lowest BCUT2D eigenvalue weighted by Gasteiger charge is -2.35. The minimum Gasteiger partial charge on any atom is -0.339 e. The van der Waals surface area contributed by atoms with E-state index < -0.39 is 0 Å². The Labute approximate surface area is 80.6 Å². The van der Waals surface area contributed by atoms with Gasteiger partial charge >= 0.3 is 0 Å². The predicted octanol–water partition coefficient (Wildman–Crippen LogP) is 2.35. The molecule has 1 fully saturated rings. The number of piperidine rings is 1. The number of hydrogen-bond donors (Lipinski definition) is 0. The molecule has 0 aromatic rings. The number of hydrogen-bond acceptors (Lipinski definition) is 1. The van der Waals surface area contributed by atoms with Gasteiger partial charge in [0, 0.05) is 19.0 Å². The topological polar surface area (TPSA) is 20.3 Å². The Bertz CT molecular complexity index is 189. The van der Waals surface area contributed by atoms with E-state index >= 15 is 0 Å². The molecule has 0 saturated carbocycles. The van der Waals surface area contributed by atoms with Crippen molar-refractivity contribution in [2.24, 2.45) is 0 Å². The van der Waals surface area contributed by atoms with Crippen molar-refractivity contribution in [2.45, 2.75) is 45.1 Å². The number of likely N-dealkylation sites (tertiary alicyclic amines) is 1. The molecule has 2 heteroatoms. The molecule has 1 atom stereocenters. The van der Waals surface area contributed by atoms with Crippen LogP contribution in [0.5, 0.6) is 0 Å². The molecule has 1 aliphatic heterocycles. The van der Waals surface area contributed by atoms with Gasteiger partial charge in [-0.1, -0.05) is 13.0 Å². The van der Waals surface area contributed by atoms with Gasteiger partial charge in [0.15, 0.2) is 0 Å². The van der Waals surface area contributed by atoms with Crippen molar-refractivity contribution in [3.05, 3.63) is 12.7 Å². The highest BCUT2D eigenvalue weighted by atomic mass is 16.2. The summed E-state index contributed by atoms with van der Waals surface area (Å²) in [5, 5.41) is 0. The average Bonchev–Trinajstić information content (AvgIpc) is 2.18. The van der Waals surface area contributed by atoms with Gasteiger partial charge in [0.1, 0.15) is 0 Å². The SMILES string of the molecule is C=CC[C@@H]1CCCCN1C(=O)CC. The zero-order chi connectivity index (χ0) is 9.68. The lowest BCUT2D eigenvalue weighted by atomic mass is 9.99. The molecule has 0 aliphatic carbocycles. The van der Waals surface area contributed by atoms with Gasteiger partial charge in [0.2, 0.25) is 5.91 Å². The van der Waals surface area contributed by atoms with Gasteiger partial charge < -0.3 is 4.90 Å². The third-order valence-electron chi connectivity index (χ3n) is 2.69. The summed E-state index contributed by atoms with van der Waals surface area (Å²) in [4.78, 5) is 13.6. The summed E-state index contributed by atoms with van der Waals surface area (Å²) < 4.78 is 0. The first-order valence-electron chi connectivity index (χ1n) is 5.20. The first kappa shape index (κ1) is 10.3. The van der Waals surface area contributed by atoms with Crippen LogP contribution in [0.15, 0.2) is 12.7 Å². The minimum atomic E-state index is 0.298. The number of nitrogens with zero attached hydrogens (tertiary/aromatic N) is 1. The lowest BCUT2D eigenvalue weighted by Crippen LogP contribution is -2.43. The number of carbonyl (C=O) groups is 1. The highest BCUT2D eigenvalue weighted by molar-refractivity contribution is 5.76. The second-order valence-corrected chi connectivity index (χ2v) is 3.61. The molecule has 1 aliphatic rings. The van der Waals surface area contributed by atoms with Crippen molar-refractivity contribution in [3.63, 3.8) is 0 Å². The predicted molar refractivity (Wildman–Crippen MR) is 54.5 cm³/mol. The fourth-order valence-corrected chi connectivity index (χ4v) is 1.97. The molecule has 0 aromatic heterocycles. The van der Waals surface area contributed by atoms with Crippen molar-refractivity contribution in [1.29, 1.82) is 0 Å². The number of carbonyl (C=O) groups excluding carboxylic acids is 1. The van der Waals surface area contributed by atoms with Gasteiger partial charge in [-0.15, -0.1) is 6.58 Å². The Morgan fingerprint density at radius 3 is 3.00 bits per heavy atom. The van der Waals surface area contributed by atoms with E-state index in [1.54, 1.807) is 0 Å². The molecular weight excluding hydrogens is 162 g/mol. The third-order valence-corrected chi connectivity index (χ3v) is 2.69. The van der Waals surface area contributed by atoms with Crippen LogP contribution in [-0.4, -0.2) is 23.4 Å². The molecule has 0 N–H and O–H groups in total. The Kier molecular flexibility index (Phi) is 4.00. The van der Waals surface area contributed by atoms with E-state index in [0.717, 1.165) is 19.4 Å². The second kappa shape index (κ2) is 5.05. The Morgan fingerprint density at radius 2 is 2.38 bits per heavy atom. The van der Waals surface area contributed by atoms with Crippen LogP contribution >= 0.6 is 0 Å². The number of rotatable bonds is 3. The van der Waals surface area contributed by atoms with E-state index in [2.05, 4.69) is 6.58 Å². The highest BCUT2D eigenvalue weighted by Gasteiger charge is 2.23. The summed E-state index contributed by atoms with van der Waals surface area (Å²) in [6.45, 7) is 6.62. The van der Waals surface area contributed by atoms with E-state index in [1.807, 2.05) is 17.9 Å². The van der Waals surface area contributed by atoms with E-state index in [-0.39, 0.29) is 0 Å². The van der Waals surface area contributed by atoms with Gasteiger partial charge in [0.25, 0.3) is 0 Å². The molecule has 0 bridgehead atoms. The zero-order valence-corrected chi connectivity index (χ0v) is 8.46. The standard InChI is InChI=1S/C11H19NO/c1-3-7-10-8-5-6-9-12(10)11(13)4-2/h3,10H,1,4-9H2,2H3/t10-/m1/s1. The molecule has 1 heterocycles. The monoisotopic (exact) mass is 181 g/mol. The molecular formula is C11H19NO. The summed E-state index contributed by atoms with van der Waals surface area (Å²) in [5.41, 5.74) is 0. The van der Waals surface area contributed by atoms with Gasteiger partial charge in [-0.25, -0.2) is 0 Å². The smallest absolute Gasteiger partial charge is 0.222 e. The summed E-state index contributed by atoms with van der Waals surface area (Å²) in [5.74, 6) is 0.298. The molecule has 0 unspecified atom stereocenters. The van der Waals surface area contributed by atoms with Crippen molar-refractivity contribution in [2.75, 3.05) is 6.54 Å². The summed E-state index contributed by atoms with van der Waals surface area (Å²) in [7, 11) is 0. The molecule has 0 aromatic carbocycles. The molecule has 2 nitrogen and oxygen atoms in total. The van der Waals surface area contributed by atoms with E-state index in [9.17, 15) is 4.79 Å². The molecule has 1 rings (SSSR count). The van der Waals surface area contributed by atoms with Gasteiger partial charge in [-0.3, -0.25) is 4.79 Å². The van der Waals surface area contributed by atoms with Crippen LogP contribution < -0.4 is 0 Å². The maximum Gasteiger partial charge on any atom is 0.222 e. The van der Waals surface area contributed by atoms with Crippen LogP contribution in [0.4, 0.5) is 0 Å². The molecule has 0 radical (unpaired) electrons. The van der Waals surface area contributed by atoms with Crippen LogP contribution in [-0.2, 0) is 4.79 Å². The van der Waals surface area contributed by atoms with E-state index in [0.29, 0.717) is 18.4 Å². The summed E-state index contributed by atoms with van der Waals surface area (Å²) in [6, 6.07) is 0.429. The van der Waals surface area contributed by atoms with Crippen LogP contribution in [0.25, 0.3) is 0 Å². The fourth-order valence-electron chi connectivity index (χ4n) is 1.97. The zero-order valence-electron chi connectivity index (χ0n) is 8.46. The van der Waals surface area contributed by atoms with Gasteiger partial charge in [-0.2, -0.15) is 0 Å². The van der Waals surface area contributed by atoms with E-state index in [4.69, 9.17) is 0 Å². The first-order chi connectivity index (χ1) is 6.29. The van der Waals surface area contributed by atoms with Crippen LogP contribution in [0.3, 0.4) is 0 Å². The molecule has 1 amide bonds.